The Bertz CT molecular complexity index is 421. The van der Waals surface area contributed by atoms with E-state index < -0.39 is 0 Å². The summed E-state index contributed by atoms with van der Waals surface area (Å²) in [5, 5.41) is 9.84. The molecule has 0 radical (unpaired) electrons. The number of rotatable bonds is 1. The van der Waals surface area contributed by atoms with Crippen molar-refractivity contribution < 1.29 is 9.90 Å². The van der Waals surface area contributed by atoms with Crippen LogP contribution in [0.25, 0.3) is 0 Å². The molecule has 0 spiro atoms. The average molecular weight is 221 g/mol. The first-order valence-electron chi connectivity index (χ1n) is 5.00. The topological polar surface area (TPSA) is 40.5 Å². The summed E-state index contributed by atoms with van der Waals surface area (Å²) in [6, 6.07) is 7.33. The van der Waals surface area contributed by atoms with Crippen LogP contribution >= 0.6 is 11.8 Å². The summed E-state index contributed by atoms with van der Waals surface area (Å²) in [7, 11) is 0. The van der Waals surface area contributed by atoms with Gasteiger partial charge in [0.25, 0.3) is 0 Å². The van der Waals surface area contributed by atoms with E-state index in [0.29, 0.717) is 5.69 Å². The highest BCUT2D eigenvalue weighted by Gasteiger charge is 2.46. The van der Waals surface area contributed by atoms with Gasteiger partial charge in [0.2, 0.25) is 5.91 Å². The number of hydrogen-bond acceptors (Lipinski definition) is 3. The first-order valence-corrected chi connectivity index (χ1v) is 6.05. The summed E-state index contributed by atoms with van der Waals surface area (Å²) in [4.78, 5) is 13.7. The molecule has 0 saturated carbocycles. The van der Waals surface area contributed by atoms with Gasteiger partial charge < -0.3 is 10.0 Å². The van der Waals surface area contributed by atoms with E-state index in [1.54, 1.807) is 34.9 Å². The number of nitrogens with zero attached hydrogens (tertiary/aromatic N) is 1. The van der Waals surface area contributed by atoms with Crippen LogP contribution in [-0.2, 0) is 4.79 Å². The fourth-order valence-electron chi connectivity index (χ4n) is 2.28. The van der Waals surface area contributed by atoms with Gasteiger partial charge in [-0.15, -0.1) is 11.8 Å². The molecule has 2 aliphatic rings. The first-order chi connectivity index (χ1) is 7.27. The van der Waals surface area contributed by atoms with Crippen LogP contribution in [-0.4, -0.2) is 28.1 Å². The molecule has 2 atom stereocenters. The molecule has 2 aliphatic heterocycles. The summed E-state index contributed by atoms with van der Waals surface area (Å²) >= 11 is 1.73. The molecule has 3 nitrogen and oxygen atoms in total. The van der Waals surface area contributed by atoms with Gasteiger partial charge >= 0.3 is 0 Å². The molecule has 1 N–H and O–H groups in total. The quantitative estimate of drug-likeness (QED) is 0.783. The maximum Gasteiger partial charge on any atom is 0.240 e. The van der Waals surface area contributed by atoms with E-state index in [1.165, 1.54) is 0 Å². The van der Waals surface area contributed by atoms with Gasteiger partial charge in [0, 0.05) is 11.8 Å². The second-order valence-electron chi connectivity index (χ2n) is 3.91. The van der Waals surface area contributed by atoms with Crippen molar-refractivity contribution in [2.24, 2.45) is 0 Å². The molecule has 2 heterocycles. The highest BCUT2D eigenvalue weighted by molar-refractivity contribution is 8.01. The number of fused-ring (bicyclic) bond motifs is 2. The van der Waals surface area contributed by atoms with Crippen LogP contribution in [0.3, 0.4) is 0 Å². The molecule has 4 heteroatoms. The molecule has 1 amide bonds. The van der Waals surface area contributed by atoms with Crippen LogP contribution in [0.5, 0.6) is 5.75 Å². The van der Waals surface area contributed by atoms with E-state index in [-0.39, 0.29) is 22.9 Å². The van der Waals surface area contributed by atoms with Crippen molar-refractivity contribution in [3.63, 3.8) is 0 Å². The van der Waals surface area contributed by atoms with E-state index in [4.69, 9.17) is 0 Å². The van der Waals surface area contributed by atoms with Crippen molar-refractivity contribution in [1.82, 2.24) is 0 Å². The molecular weight excluding hydrogens is 210 g/mol. The second kappa shape index (κ2) is 3.17. The Hall–Kier alpha value is -1.16. The van der Waals surface area contributed by atoms with Gasteiger partial charge in [-0.25, -0.2) is 0 Å². The molecule has 78 valence electrons. The number of thioether (sulfide) groups is 1. The lowest BCUT2D eigenvalue weighted by atomic mass is 10.2. The number of carbonyl (C=O) groups is 1. The van der Waals surface area contributed by atoms with Crippen LogP contribution in [0.1, 0.15) is 6.42 Å². The Morgan fingerprint density at radius 1 is 1.40 bits per heavy atom. The van der Waals surface area contributed by atoms with Gasteiger partial charge in [-0.1, -0.05) is 12.1 Å². The summed E-state index contributed by atoms with van der Waals surface area (Å²) in [6.07, 6.45) is 0.928. The number of aromatic hydroxyl groups is 1. The Kier molecular flexibility index (Phi) is 1.92. The lowest BCUT2D eigenvalue weighted by molar-refractivity contribution is -0.116. The molecule has 15 heavy (non-hydrogen) atoms. The highest BCUT2D eigenvalue weighted by atomic mass is 32.2. The summed E-state index contributed by atoms with van der Waals surface area (Å²) in [5.74, 6) is 1.34. The van der Waals surface area contributed by atoms with Crippen molar-refractivity contribution in [1.29, 1.82) is 0 Å². The molecule has 3 rings (SSSR count). The average Bonchev–Trinajstić information content (AvgIpc) is 2.80. The number of phenols is 1. The minimum absolute atomic E-state index is 0.120. The number of anilines is 1. The van der Waals surface area contributed by atoms with Gasteiger partial charge in [0.15, 0.2) is 0 Å². The Labute approximate surface area is 92.1 Å². The zero-order valence-electron chi connectivity index (χ0n) is 8.09. The minimum Gasteiger partial charge on any atom is -0.506 e. The van der Waals surface area contributed by atoms with Crippen LogP contribution in [0.4, 0.5) is 5.69 Å². The third-order valence-electron chi connectivity index (χ3n) is 3.00. The lowest BCUT2D eigenvalue weighted by Crippen LogP contribution is -2.38. The number of phenolic OH excluding ortho intramolecular Hbond substituents is 1. The number of amides is 1. The molecule has 1 aromatic rings. The Morgan fingerprint density at radius 2 is 2.20 bits per heavy atom. The monoisotopic (exact) mass is 221 g/mol. The highest BCUT2D eigenvalue weighted by Crippen LogP contribution is 2.43. The van der Waals surface area contributed by atoms with Gasteiger partial charge in [-0.05, 0) is 18.6 Å². The molecule has 2 fully saturated rings. The maximum absolute atomic E-state index is 11.9. The molecular formula is C11H11NO2S. The molecule has 2 bridgehead atoms. The van der Waals surface area contributed by atoms with Gasteiger partial charge in [-0.2, -0.15) is 0 Å². The fourth-order valence-corrected chi connectivity index (χ4v) is 3.63. The number of hydrogen-bond donors (Lipinski definition) is 1. The van der Waals surface area contributed by atoms with E-state index in [0.717, 1.165) is 12.2 Å². The molecule has 0 aliphatic carbocycles. The van der Waals surface area contributed by atoms with Crippen molar-refractivity contribution in [2.45, 2.75) is 17.7 Å². The molecule has 2 saturated heterocycles. The van der Waals surface area contributed by atoms with Gasteiger partial charge in [-0.3, -0.25) is 4.79 Å². The molecule has 0 aromatic heterocycles. The second-order valence-corrected chi connectivity index (χ2v) is 5.14. The van der Waals surface area contributed by atoms with E-state index in [2.05, 4.69) is 0 Å². The number of para-hydroxylation sites is 2. The fraction of sp³-hybridized carbons (Fsp3) is 0.364. The van der Waals surface area contributed by atoms with Crippen molar-refractivity contribution in [3.05, 3.63) is 24.3 Å². The minimum atomic E-state index is 0.120. The van der Waals surface area contributed by atoms with Gasteiger partial charge in [0.1, 0.15) is 5.75 Å². The van der Waals surface area contributed by atoms with Crippen LogP contribution < -0.4 is 4.90 Å². The first kappa shape index (κ1) is 9.09. The third kappa shape index (κ3) is 1.24. The third-order valence-corrected chi connectivity index (χ3v) is 4.37. The summed E-state index contributed by atoms with van der Waals surface area (Å²) in [6.45, 7) is 0. The smallest absolute Gasteiger partial charge is 0.240 e. The van der Waals surface area contributed by atoms with E-state index in [1.807, 2.05) is 6.07 Å². The zero-order valence-corrected chi connectivity index (χ0v) is 8.91. The summed E-state index contributed by atoms with van der Waals surface area (Å²) in [5.41, 5.74) is 0.662. The van der Waals surface area contributed by atoms with Crippen molar-refractivity contribution in [3.8, 4) is 5.75 Å². The van der Waals surface area contributed by atoms with Crippen LogP contribution in [0, 0.1) is 0 Å². The van der Waals surface area contributed by atoms with E-state index in [9.17, 15) is 9.90 Å². The van der Waals surface area contributed by atoms with Crippen LogP contribution in [0.2, 0.25) is 0 Å². The Balaban J connectivity index is 2.02. The molecule has 1 aromatic carbocycles. The summed E-state index contributed by atoms with van der Waals surface area (Å²) < 4.78 is 0. The number of benzene rings is 1. The van der Waals surface area contributed by atoms with Crippen LogP contribution in [0.15, 0.2) is 24.3 Å². The van der Waals surface area contributed by atoms with E-state index >= 15 is 0 Å². The number of carbonyl (C=O) groups excluding carboxylic acids is 1. The SMILES string of the molecule is O=C1C2CC(CS2)N1c1ccccc1O. The zero-order chi connectivity index (χ0) is 10.4. The van der Waals surface area contributed by atoms with Crippen molar-refractivity contribution >= 4 is 23.4 Å². The predicted molar refractivity (Wildman–Crippen MR) is 60.2 cm³/mol. The Morgan fingerprint density at radius 3 is 2.87 bits per heavy atom. The standard InChI is InChI=1S/C11H11NO2S/c13-9-4-2-1-3-8(9)12-7-5-10(11(12)14)15-6-7/h1-4,7,10,13H,5-6H2. The largest absolute Gasteiger partial charge is 0.506 e. The lowest BCUT2D eigenvalue weighted by Gasteiger charge is -2.27. The van der Waals surface area contributed by atoms with Gasteiger partial charge in [0.05, 0.1) is 10.9 Å². The van der Waals surface area contributed by atoms with Crippen molar-refractivity contribution in [2.75, 3.05) is 10.7 Å². The normalized spacial score (nSPS) is 28.8. The molecule has 2 unspecified atom stereocenters. The maximum atomic E-state index is 11.9. The predicted octanol–water partition coefficient (Wildman–Crippen LogP) is 1.61.